The molecule has 0 bridgehead atoms. The van der Waals surface area contributed by atoms with E-state index >= 15 is 0 Å². The zero-order valence-electron chi connectivity index (χ0n) is 12.3. The van der Waals surface area contributed by atoms with Crippen molar-refractivity contribution in [2.24, 2.45) is 11.7 Å². The van der Waals surface area contributed by atoms with Gasteiger partial charge in [0, 0.05) is 19.1 Å². The number of halogens is 2. The summed E-state index contributed by atoms with van der Waals surface area (Å²) in [5.74, 6) is -1.26. The molecule has 21 heavy (non-hydrogen) atoms. The van der Waals surface area contributed by atoms with Crippen LogP contribution in [0, 0.1) is 17.6 Å². The Morgan fingerprint density at radius 2 is 2.14 bits per heavy atom. The molecule has 2 atom stereocenters. The minimum Gasteiger partial charge on any atom is -0.338 e. The van der Waals surface area contributed by atoms with E-state index < -0.39 is 11.6 Å². The Morgan fingerprint density at radius 3 is 2.76 bits per heavy atom. The van der Waals surface area contributed by atoms with Gasteiger partial charge in [-0.05, 0) is 36.5 Å². The van der Waals surface area contributed by atoms with E-state index in [2.05, 4.69) is 6.92 Å². The van der Waals surface area contributed by atoms with Gasteiger partial charge in [-0.15, -0.1) is 0 Å². The molecule has 1 heterocycles. The molecule has 1 aromatic rings. The quantitative estimate of drug-likeness (QED) is 0.928. The highest BCUT2D eigenvalue weighted by Gasteiger charge is 2.29. The fraction of sp³-hybridized carbons (Fsp3) is 0.562. The third-order valence-corrected chi connectivity index (χ3v) is 4.33. The van der Waals surface area contributed by atoms with Gasteiger partial charge in [-0.1, -0.05) is 19.4 Å². The standard InChI is InChI=1S/C16H22F2N2O/c1-2-11-5-6-20(13(7-11)10-19)16(21)9-12-3-4-14(17)15(18)8-12/h3-4,8,11,13H,2,5-7,9-10,19H2,1H3. The molecule has 1 amide bonds. The van der Waals surface area contributed by atoms with Crippen LogP contribution in [0.25, 0.3) is 0 Å². The fourth-order valence-electron chi connectivity index (χ4n) is 2.98. The van der Waals surface area contributed by atoms with E-state index in [9.17, 15) is 13.6 Å². The van der Waals surface area contributed by atoms with Gasteiger partial charge in [0.1, 0.15) is 0 Å². The van der Waals surface area contributed by atoms with Crippen molar-refractivity contribution in [2.75, 3.05) is 13.1 Å². The van der Waals surface area contributed by atoms with E-state index in [4.69, 9.17) is 5.73 Å². The van der Waals surface area contributed by atoms with Crippen LogP contribution in [0.5, 0.6) is 0 Å². The Balaban J connectivity index is 2.03. The van der Waals surface area contributed by atoms with Gasteiger partial charge in [0.25, 0.3) is 0 Å². The van der Waals surface area contributed by atoms with Crippen LogP contribution in [-0.2, 0) is 11.2 Å². The van der Waals surface area contributed by atoms with Crippen LogP contribution in [0.1, 0.15) is 31.7 Å². The van der Waals surface area contributed by atoms with Crippen molar-refractivity contribution in [3.63, 3.8) is 0 Å². The first kappa shape index (κ1) is 15.9. The molecule has 2 N–H and O–H groups in total. The second-order valence-corrected chi connectivity index (χ2v) is 5.70. The Morgan fingerprint density at radius 1 is 1.38 bits per heavy atom. The van der Waals surface area contributed by atoms with Gasteiger partial charge in [-0.3, -0.25) is 4.79 Å². The maximum atomic E-state index is 13.2. The van der Waals surface area contributed by atoms with Gasteiger partial charge in [-0.25, -0.2) is 8.78 Å². The maximum absolute atomic E-state index is 13.2. The highest BCUT2D eigenvalue weighted by molar-refractivity contribution is 5.79. The molecule has 0 aromatic heterocycles. The molecule has 1 saturated heterocycles. The summed E-state index contributed by atoms with van der Waals surface area (Å²) in [7, 11) is 0. The SMILES string of the molecule is CCC1CCN(C(=O)Cc2ccc(F)c(F)c2)C(CN)C1. The lowest BCUT2D eigenvalue weighted by molar-refractivity contribution is -0.134. The summed E-state index contributed by atoms with van der Waals surface area (Å²) in [5.41, 5.74) is 6.28. The molecule has 0 aliphatic carbocycles. The van der Waals surface area contributed by atoms with E-state index in [1.165, 1.54) is 6.07 Å². The minimum atomic E-state index is -0.916. The van der Waals surface area contributed by atoms with Crippen LogP contribution in [0.15, 0.2) is 18.2 Å². The van der Waals surface area contributed by atoms with Crippen molar-refractivity contribution in [2.45, 2.75) is 38.6 Å². The fourth-order valence-corrected chi connectivity index (χ4v) is 2.98. The van der Waals surface area contributed by atoms with E-state index in [0.717, 1.165) is 31.4 Å². The molecule has 0 radical (unpaired) electrons. The number of carbonyl (C=O) groups excluding carboxylic acids is 1. The summed E-state index contributed by atoms with van der Waals surface area (Å²) in [6.45, 7) is 3.29. The van der Waals surface area contributed by atoms with Gasteiger partial charge in [-0.2, -0.15) is 0 Å². The largest absolute Gasteiger partial charge is 0.338 e. The highest BCUT2D eigenvalue weighted by atomic mass is 19.2. The zero-order chi connectivity index (χ0) is 15.4. The molecule has 1 fully saturated rings. The Bertz CT molecular complexity index is 507. The molecule has 1 aromatic carbocycles. The van der Waals surface area contributed by atoms with E-state index in [1.54, 1.807) is 4.90 Å². The van der Waals surface area contributed by atoms with Gasteiger partial charge in [0.05, 0.1) is 6.42 Å². The summed E-state index contributed by atoms with van der Waals surface area (Å²) in [5, 5.41) is 0. The van der Waals surface area contributed by atoms with Gasteiger partial charge < -0.3 is 10.6 Å². The second-order valence-electron chi connectivity index (χ2n) is 5.70. The number of likely N-dealkylation sites (tertiary alicyclic amines) is 1. The average Bonchev–Trinajstić information content (AvgIpc) is 2.50. The van der Waals surface area contributed by atoms with Crippen LogP contribution in [0.4, 0.5) is 8.78 Å². The first-order valence-electron chi connectivity index (χ1n) is 7.48. The molecule has 1 aliphatic rings. The first-order valence-corrected chi connectivity index (χ1v) is 7.48. The predicted molar refractivity (Wildman–Crippen MR) is 77.6 cm³/mol. The lowest BCUT2D eigenvalue weighted by Crippen LogP contribution is -2.50. The number of amides is 1. The van der Waals surface area contributed by atoms with Crippen LogP contribution >= 0.6 is 0 Å². The number of piperidine rings is 1. The Hall–Kier alpha value is -1.49. The van der Waals surface area contributed by atoms with Crippen molar-refractivity contribution >= 4 is 5.91 Å². The van der Waals surface area contributed by atoms with Crippen molar-refractivity contribution in [3.8, 4) is 0 Å². The highest BCUT2D eigenvalue weighted by Crippen LogP contribution is 2.25. The number of nitrogens with two attached hydrogens (primary N) is 1. The number of hydrogen-bond acceptors (Lipinski definition) is 2. The number of rotatable bonds is 4. The zero-order valence-corrected chi connectivity index (χ0v) is 12.3. The first-order chi connectivity index (χ1) is 10.0. The maximum Gasteiger partial charge on any atom is 0.227 e. The molecule has 0 spiro atoms. The van der Waals surface area contributed by atoms with E-state index in [-0.39, 0.29) is 18.4 Å². The van der Waals surface area contributed by atoms with Crippen LogP contribution in [0.2, 0.25) is 0 Å². The lowest BCUT2D eigenvalue weighted by atomic mass is 9.88. The summed E-state index contributed by atoms with van der Waals surface area (Å²) in [6.07, 6.45) is 3.10. The van der Waals surface area contributed by atoms with Crippen LogP contribution in [-0.4, -0.2) is 29.9 Å². The molecule has 3 nitrogen and oxygen atoms in total. The lowest BCUT2D eigenvalue weighted by Gasteiger charge is -2.39. The summed E-state index contributed by atoms with van der Waals surface area (Å²) in [6, 6.07) is 3.65. The second kappa shape index (κ2) is 6.98. The Kier molecular flexibility index (Phi) is 5.28. The smallest absolute Gasteiger partial charge is 0.227 e. The average molecular weight is 296 g/mol. The number of carbonyl (C=O) groups is 1. The van der Waals surface area contributed by atoms with Crippen LogP contribution < -0.4 is 5.73 Å². The summed E-state index contributed by atoms with van der Waals surface area (Å²) < 4.78 is 26.1. The van der Waals surface area contributed by atoms with Crippen molar-refractivity contribution in [1.82, 2.24) is 4.90 Å². The van der Waals surface area contributed by atoms with Gasteiger partial charge in [0.2, 0.25) is 5.91 Å². The number of benzene rings is 1. The summed E-state index contributed by atoms with van der Waals surface area (Å²) >= 11 is 0. The third-order valence-electron chi connectivity index (χ3n) is 4.33. The molecular formula is C16H22F2N2O. The molecule has 0 saturated carbocycles. The molecular weight excluding hydrogens is 274 g/mol. The normalized spacial score (nSPS) is 22.4. The molecule has 116 valence electrons. The third kappa shape index (κ3) is 3.79. The number of nitrogens with zero attached hydrogens (tertiary/aromatic N) is 1. The molecule has 2 rings (SSSR count). The van der Waals surface area contributed by atoms with Crippen LogP contribution in [0.3, 0.4) is 0 Å². The van der Waals surface area contributed by atoms with E-state index in [1.807, 2.05) is 0 Å². The monoisotopic (exact) mass is 296 g/mol. The molecule has 1 aliphatic heterocycles. The Labute approximate surface area is 124 Å². The summed E-state index contributed by atoms with van der Waals surface area (Å²) in [4.78, 5) is 14.2. The van der Waals surface area contributed by atoms with Crippen molar-refractivity contribution in [3.05, 3.63) is 35.4 Å². The topological polar surface area (TPSA) is 46.3 Å². The number of hydrogen-bond donors (Lipinski definition) is 1. The van der Waals surface area contributed by atoms with Gasteiger partial charge in [0.15, 0.2) is 11.6 Å². The van der Waals surface area contributed by atoms with Gasteiger partial charge >= 0.3 is 0 Å². The van der Waals surface area contributed by atoms with Crippen molar-refractivity contribution in [1.29, 1.82) is 0 Å². The molecule has 5 heteroatoms. The van der Waals surface area contributed by atoms with Crippen molar-refractivity contribution < 1.29 is 13.6 Å². The van der Waals surface area contributed by atoms with E-state index in [0.29, 0.717) is 24.6 Å². The molecule has 2 unspecified atom stereocenters. The minimum absolute atomic E-state index is 0.0569. The predicted octanol–water partition coefficient (Wildman–Crippen LogP) is 2.48.